The Hall–Kier alpha value is -2.03. The maximum absolute atomic E-state index is 12.2. The molecule has 0 radical (unpaired) electrons. The van der Waals surface area contributed by atoms with Gasteiger partial charge >= 0.3 is 0 Å². The van der Waals surface area contributed by atoms with Gasteiger partial charge in [0.1, 0.15) is 5.82 Å². The predicted molar refractivity (Wildman–Crippen MR) is 94.9 cm³/mol. The molecule has 0 atom stereocenters. The summed E-state index contributed by atoms with van der Waals surface area (Å²) in [5, 5.41) is 6.99. The summed E-state index contributed by atoms with van der Waals surface area (Å²) >= 11 is 3.28. The fraction of sp³-hybridized carbons (Fsp3) is 0.125. The summed E-state index contributed by atoms with van der Waals surface area (Å²) in [4.78, 5) is 4.61. The second-order valence-electron chi connectivity index (χ2n) is 5.07. The minimum atomic E-state index is -3.53. The van der Waals surface area contributed by atoms with Crippen molar-refractivity contribution in [2.24, 2.45) is 0 Å². The first-order valence-electron chi connectivity index (χ1n) is 7.26. The van der Waals surface area contributed by atoms with E-state index in [1.54, 1.807) is 24.3 Å². The predicted octanol–water partition coefficient (Wildman–Crippen LogP) is 2.76. The zero-order chi connectivity index (χ0) is 17.0. The molecule has 0 saturated heterocycles. The van der Waals surface area contributed by atoms with Crippen molar-refractivity contribution in [2.75, 3.05) is 6.54 Å². The molecule has 1 heterocycles. The van der Waals surface area contributed by atoms with Crippen LogP contribution >= 0.6 is 15.9 Å². The Morgan fingerprint density at radius 2 is 1.75 bits per heavy atom. The monoisotopic (exact) mass is 406 g/mol. The zero-order valence-electron chi connectivity index (χ0n) is 12.6. The summed E-state index contributed by atoms with van der Waals surface area (Å²) in [6.07, 6.45) is 0.426. The number of halogens is 1. The lowest BCUT2D eigenvalue weighted by Gasteiger charge is -2.05. The second kappa shape index (κ2) is 7.25. The number of benzene rings is 2. The standard InChI is InChI=1S/C16H15BrN4O2S/c17-13-6-8-14(9-7-13)24(22,23)18-11-10-15-19-16(21-20-15)12-4-2-1-3-5-12/h1-9,18H,10-11H2,(H,19,20,21). The normalized spacial score (nSPS) is 11.5. The zero-order valence-corrected chi connectivity index (χ0v) is 15.0. The molecule has 0 aliphatic heterocycles. The van der Waals surface area contributed by atoms with E-state index in [1.807, 2.05) is 30.3 Å². The molecule has 0 bridgehead atoms. The van der Waals surface area contributed by atoms with Gasteiger partial charge in [0.25, 0.3) is 0 Å². The average Bonchev–Trinajstić information content (AvgIpc) is 3.05. The molecule has 0 unspecified atom stereocenters. The molecular weight excluding hydrogens is 392 g/mol. The molecule has 3 aromatic rings. The van der Waals surface area contributed by atoms with E-state index < -0.39 is 10.0 Å². The molecule has 24 heavy (non-hydrogen) atoms. The van der Waals surface area contributed by atoms with Crippen LogP contribution in [0.4, 0.5) is 0 Å². The number of aromatic amines is 1. The van der Waals surface area contributed by atoms with E-state index in [9.17, 15) is 8.42 Å². The van der Waals surface area contributed by atoms with Crippen LogP contribution in [-0.4, -0.2) is 30.1 Å². The highest BCUT2D eigenvalue weighted by atomic mass is 79.9. The summed E-state index contributed by atoms with van der Waals surface area (Å²) in [6.45, 7) is 0.238. The van der Waals surface area contributed by atoms with Crippen molar-refractivity contribution >= 4 is 26.0 Å². The Bertz CT molecular complexity index is 909. The van der Waals surface area contributed by atoms with E-state index in [1.165, 1.54) is 0 Å². The highest BCUT2D eigenvalue weighted by molar-refractivity contribution is 9.10. The topological polar surface area (TPSA) is 87.7 Å². The van der Waals surface area contributed by atoms with Crippen molar-refractivity contribution in [1.29, 1.82) is 0 Å². The lowest BCUT2D eigenvalue weighted by Crippen LogP contribution is -2.26. The minimum absolute atomic E-state index is 0.230. The maximum Gasteiger partial charge on any atom is 0.240 e. The van der Waals surface area contributed by atoms with Gasteiger partial charge in [0.05, 0.1) is 4.90 Å². The van der Waals surface area contributed by atoms with Crippen LogP contribution in [-0.2, 0) is 16.4 Å². The molecule has 6 nitrogen and oxygen atoms in total. The Balaban J connectivity index is 1.60. The average molecular weight is 407 g/mol. The largest absolute Gasteiger partial charge is 0.263 e. The van der Waals surface area contributed by atoms with Gasteiger partial charge in [-0.25, -0.2) is 18.1 Å². The molecule has 0 aliphatic carbocycles. The number of sulfonamides is 1. The highest BCUT2D eigenvalue weighted by Gasteiger charge is 2.13. The van der Waals surface area contributed by atoms with Crippen molar-refractivity contribution in [3.8, 4) is 11.4 Å². The van der Waals surface area contributed by atoms with Gasteiger partial charge in [-0.3, -0.25) is 5.10 Å². The van der Waals surface area contributed by atoms with Crippen molar-refractivity contribution in [1.82, 2.24) is 19.9 Å². The molecule has 2 N–H and O–H groups in total. The van der Waals surface area contributed by atoms with Crippen LogP contribution in [0.5, 0.6) is 0 Å². The molecule has 3 rings (SSSR count). The molecule has 124 valence electrons. The molecule has 0 amide bonds. The molecule has 0 spiro atoms. The van der Waals surface area contributed by atoms with Gasteiger partial charge in [-0.05, 0) is 24.3 Å². The molecule has 1 aromatic heterocycles. The first-order valence-corrected chi connectivity index (χ1v) is 9.54. The summed E-state index contributed by atoms with van der Waals surface area (Å²) in [7, 11) is -3.53. The Morgan fingerprint density at radius 3 is 2.46 bits per heavy atom. The van der Waals surface area contributed by atoms with Gasteiger partial charge in [0, 0.05) is 23.0 Å². The lowest BCUT2D eigenvalue weighted by atomic mass is 10.2. The van der Waals surface area contributed by atoms with Crippen molar-refractivity contribution in [2.45, 2.75) is 11.3 Å². The molecule has 2 aromatic carbocycles. The Labute approximate surface area is 148 Å². The molecule has 8 heteroatoms. The van der Waals surface area contributed by atoms with Crippen LogP contribution in [0.2, 0.25) is 0 Å². The Kier molecular flexibility index (Phi) is 5.08. The number of hydrogen-bond donors (Lipinski definition) is 2. The van der Waals surface area contributed by atoms with Gasteiger partial charge in [-0.1, -0.05) is 46.3 Å². The lowest BCUT2D eigenvalue weighted by molar-refractivity contribution is 0.581. The fourth-order valence-corrected chi connectivity index (χ4v) is 3.42. The van der Waals surface area contributed by atoms with Crippen molar-refractivity contribution in [3.63, 3.8) is 0 Å². The third kappa shape index (κ3) is 4.08. The van der Waals surface area contributed by atoms with Crippen LogP contribution in [0.15, 0.2) is 64.0 Å². The van der Waals surface area contributed by atoms with E-state index in [0.717, 1.165) is 10.0 Å². The van der Waals surface area contributed by atoms with Crippen LogP contribution in [0.1, 0.15) is 5.82 Å². The number of rotatable bonds is 6. The molecule has 0 aliphatic rings. The van der Waals surface area contributed by atoms with Gasteiger partial charge in [-0.2, -0.15) is 5.10 Å². The van der Waals surface area contributed by atoms with Crippen molar-refractivity contribution in [3.05, 3.63) is 64.9 Å². The number of H-pyrrole nitrogens is 1. The van der Waals surface area contributed by atoms with Crippen LogP contribution < -0.4 is 4.72 Å². The third-order valence-electron chi connectivity index (χ3n) is 3.34. The van der Waals surface area contributed by atoms with Gasteiger partial charge in [0.2, 0.25) is 10.0 Å². The second-order valence-corrected chi connectivity index (χ2v) is 7.76. The van der Waals surface area contributed by atoms with Gasteiger partial charge in [-0.15, -0.1) is 0 Å². The fourth-order valence-electron chi connectivity index (χ4n) is 2.12. The van der Waals surface area contributed by atoms with E-state index in [-0.39, 0.29) is 11.4 Å². The van der Waals surface area contributed by atoms with Crippen LogP contribution in [0.25, 0.3) is 11.4 Å². The van der Waals surface area contributed by atoms with Gasteiger partial charge in [0.15, 0.2) is 5.82 Å². The van der Waals surface area contributed by atoms with Crippen LogP contribution in [0.3, 0.4) is 0 Å². The number of nitrogens with one attached hydrogen (secondary N) is 2. The molecular formula is C16H15BrN4O2S. The van der Waals surface area contributed by atoms with Crippen LogP contribution in [0, 0.1) is 0 Å². The van der Waals surface area contributed by atoms with E-state index >= 15 is 0 Å². The van der Waals surface area contributed by atoms with Crippen molar-refractivity contribution < 1.29 is 8.42 Å². The maximum atomic E-state index is 12.2. The van der Waals surface area contributed by atoms with E-state index in [4.69, 9.17) is 0 Å². The van der Waals surface area contributed by atoms with Gasteiger partial charge < -0.3 is 0 Å². The Morgan fingerprint density at radius 1 is 1.04 bits per heavy atom. The minimum Gasteiger partial charge on any atom is -0.263 e. The number of aromatic nitrogens is 3. The number of hydrogen-bond acceptors (Lipinski definition) is 4. The molecule has 0 saturated carbocycles. The quantitative estimate of drug-likeness (QED) is 0.658. The molecule has 0 fully saturated rings. The van der Waals surface area contributed by atoms with E-state index in [2.05, 4.69) is 35.8 Å². The summed E-state index contributed by atoms with van der Waals surface area (Å²) < 4.78 is 27.8. The van der Waals surface area contributed by atoms with E-state index in [0.29, 0.717) is 18.1 Å². The highest BCUT2D eigenvalue weighted by Crippen LogP contribution is 2.15. The smallest absolute Gasteiger partial charge is 0.240 e. The first kappa shape index (κ1) is 16.8. The number of nitrogens with zero attached hydrogens (tertiary/aromatic N) is 2. The SMILES string of the molecule is O=S(=O)(NCCc1nc(-c2ccccc2)n[nH]1)c1ccc(Br)cc1. The third-order valence-corrected chi connectivity index (χ3v) is 5.35. The summed E-state index contributed by atoms with van der Waals surface area (Å²) in [5.74, 6) is 1.23. The first-order chi connectivity index (χ1) is 11.5. The summed E-state index contributed by atoms with van der Waals surface area (Å²) in [6, 6.07) is 16.1. The summed E-state index contributed by atoms with van der Waals surface area (Å²) in [5.41, 5.74) is 0.912.